The van der Waals surface area contributed by atoms with Crippen molar-refractivity contribution in [1.29, 1.82) is 0 Å². The Balaban J connectivity index is 2.30. The van der Waals surface area contributed by atoms with Gasteiger partial charge in [0, 0.05) is 5.69 Å². The van der Waals surface area contributed by atoms with Crippen molar-refractivity contribution in [3.05, 3.63) is 64.5 Å². The SMILES string of the molecule is Cc1cc(Cc2ccc(F)cc2)c(C)cc1N. The molecule has 2 heteroatoms. The third-order valence-corrected chi connectivity index (χ3v) is 3.03. The van der Waals surface area contributed by atoms with Crippen LogP contribution in [0.3, 0.4) is 0 Å². The average Bonchev–Trinajstić information content (AvgIpc) is 2.29. The average molecular weight is 229 g/mol. The molecule has 0 aliphatic heterocycles. The van der Waals surface area contributed by atoms with Crippen molar-refractivity contribution in [2.24, 2.45) is 0 Å². The maximum absolute atomic E-state index is 12.8. The summed E-state index contributed by atoms with van der Waals surface area (Å²) >= 11 is 0. The van der Waals surface area contributed by atoms with Crippen LogP contribution in [0.25, 0.3) is 0 Å². The Morgan fingerprint density at radius 1 is 1.00 bits per heavy atom. The van der Waals surface area contributed by atoms with Crippen molar-refractivity contribution in [2.75, 3.05) is 5.73 Å². The fraction of sp³-hybridized carbons (Fsp3) is 0.200. The molecule has 0 saturated heterocycles. The number of benzene rings is 2. The standard InChI is InChI=1S/C15H16FN/c1-10-8-15(17)11(2)7-13(10)9-12-3-5-14(16)6-4-12/h3-8H,9,17H2,1-2H3. The molecule has 0 unspecified atom stereocenters. The van der Waals surface area contributed by atoms with E-state index in [-0.39, 0.29) is 5.82 Å². The van der Waals surface area contributed by atoms with Gasteiger partial charge in [0.1, 0.15) is 5.82 Å². The lowest BCUT2D eigenvalue weighted by molar-refractivity contribution is 0.627. The Morgan fingerprint density at radius 2 is 1.65 bits per heavy atom. The van der Waals surface area contributed by atoms with Gasteiger partial charge < -0.3 is 5.73 Å². The van der Waals surface area contributed by atoms with E-state index in [4.69, 9.17) is 5.73 Å². The van der Waals surface area contributed by atoms with Crippen LogP contribution in [0.1, 0.15) is 22.3 Å². The van der Waals surface area contributed by atoms with Gasteiger partial charge >= 0.3 is 0 Å². The van der Waals surface area contributed by atoms with Crippen molar-refractivity contribution in [3.63, 3.8) is 0 Å². The minimum atomic E-state index is -0.195. The first-order valence-corrected chi connectivity index (χ1v) is 5.66. The Kier molecular flexibility index (Phi) is 3.14. The Bertz CT molecular complexity index is 529. The van der Waals surface area contributed by atoms with E-state index >= 15 is 0 Å². The highest BCUT2D eigenvalue weighted by molar-refractivity contribution is 5.52. The summed E-state index contributed by atoms with van der Waals surface area (Å²) in [5, 5.41) is 0. The molecule has 17 heavy (non-hydrogen) atoms. The van der Waals surface area contributed by atoms with Crippen LogP contribution in [-0.2, 0) is 6.42 Å². The Hall–Kier alpha value is -1.83. The second-order valence-electron chi connectivity index (χ2n) is 4.44. The number of hydrogen-bond acceptors (Lipinski definition) is 1. The second-order valence-corrected chi connectivity index (χ2v) is 4.44. The fourth-order valence-electron chi connectivity index (χ4n) is 1.91. The molecule has 0 fully saturated rings. The van der Waals surface area contributed by atoms with Gasteiger partial charge in [-0.3, -0.25) is 0 Å². The lowest BCUT2D eigenvalue weighted by Crippen LogP contribution is -1.97. The number of rotatable bonds is 2. The summed E-state index contributed by atoms with van der Waals surface area (Å²) in [6, 6.07) is 10.7. The molecule has 0 spiro atoms. The molecule has 0 saturated carbocycles. The molecular weight excluding hydrogens is 213 g/mol. The summed E-state index contributed by atoms with van der Waals surface area (Å²) in [6.07, 6.45) is 0.813. The van der Waals surface area contributed by atoms with Crippen molar-refractivity contribution in [1.82, 2.24) is 0 Å². The van der Waals surface area contributed by atoms with Gasteiger partial charge in [0.15, 0.2) is 0 Å². The number of hydrogen-bond donors (Lipinski definition) is 1. The van der Waals surface area contributed by atoms with E-state index < -0.39 is 0 Å². The predicted molar refractivity (Wildman–Crippen MR) is 69.5 cm³/mol. The predicted octanol–water partition coefficient (Wildman–Crippen LogP) is 3.62. The zero-order chi connectivity index (χ0) is 12.4. The van der Waals surface area contributed by atoms with E-state index in [1.165, 1.54) is 23.3 Å². The molecule has 1 nitrogen and oxygen atoms in total. The minimum absolute atomic E-state index is 0.195. The molecule has 0 aromatic heterocycles. The molecule has 0 aliphatic rings. The molecular formula is C15H16FN. The lowest BCUT2D eigenvalue weighted by atomic mass is 9.97. The number of aryl methyl sites for hydroxylation is 2. The molecule has 0 atom stereocenters. The van der Waals surface area contributed by atoms with Crippen LogP contribution in [0.15, 0.2) is 36.4 Å². The van der Waals surface area contributed by atoms with E-state index in [0.717, 1.165) is 23.2 Å². The van der Waals surface area contributed by atoms with Crippen molar-refractivity contribution in [2.45, 2.75) is 20.3 Å². The van der Waals surface area contributed by atoms with Crippen LogP contribution >= 0.6 is 0 Å². The molecule has 0 radical (unpaired) electrons. The van der Waals surface area contributed by atoms with Gasteiger partial charge in [-0.25, -0.2) is 4.39 Å². The van der Waals surface area contributed by atoms with Gasteiger partial charge in [-0.15, -0.1) is 0 Å². The number of anilines is 1. The molecule has 88 valence electrons. The highest BCUT2D eigenvalue weighted by atomic mass is 19.1. The van der Waals surface area contributed by atoms with Gasteiger partial charge in [0.2, 0.25) is 0 Å². The highest BCUT2D eigenvalue weighted by Crippen LogP contribution is 2.20. The monoisotopic (exact) mass is 229 g/mol. The zero-order valence-electron chi connectivity index (χ0n) is 10.1. The number of halogens is 1. The second kappa shape index (κ2) is 4.58. The molecule has 0 bridgehead atoms. The Morgan fingerprint density at radius 3 is 2.29 bits per heavy atom. The van der Waals surface area contributed by atoms with Crippen LogP contribution < -0.4 is 5.73 Å². The first-order chi connectivity index (χ1) is 8.06. The van der Waals surface area contributed by atoms with E-state index in [1.54, 1.807) is 0 Å². The van der Waals surface area contributed by atoms with Crippen LogP contribution in [-0.4, -0.2) is 0 Å². The van der Waals surface area contributed by atoms with E-state index in [9.17, 15) is 4.39 Å². The third-order valence-electron chi connectivity index (χ3n) is 3.03. The van der Waals surface area contributed by atoms with E-state index in [1.807, 2.05) is 25.1 Å². The largest absolute Gasteiger partial charge is 0.399 e. The van der Waals surface area contributed by atoms with Crippen LogP contribution in [0, 0.1) is 19.7 Å². The van der Waals surface area contributed by atoms with Gasteiger partial charge in [-0.05, 0) is 60.7 Å². The summed E-state index contributed by atoms with van der Waals surface area (Å²) < 4.78 is 12.8. The summed E-state index contributed by atoms with van der Waals surface area (Å²) in [4.78, 5) is 0. The topological polar surface area (TPSA) is 26.0 Å². The molecule has 0 heterocycles. The van der Waals surface area contributed by atoms with Gasteiger partial charge in [-0.1, -0.05) is 18.2 Å². The van der Waals surface area contributed by atoms with Crippen molar-refractivity contribution < 1.29 is 4.39 Å². The van der Waals surface area contributed by atoms with Crippen molar-refractivity contribution in [3.8, 4) is 0 Å². The normalized spacial score (nSPS) is 10.5. The summed E-state index contributed by atoms with van der Waals surface area (Å²) in [5.41, 5.74) is 11.3. The quantitative estimate of drug-likeness (QED) is 0.782. The van der Waals surface area contributed by atoms with Gasteiger partial charge in [0.25, 0.3) is 0 Å². The first-order valence-electron chi connectivity index (χ1n) is 5.66. The first kappa shape index (κ1) is 11.6. The lowest BCUT2D eigenvalue weighted by Gasteiger charge is -2.09. The maximum Gasteiger partial charge on any atom is 0.123 e. The fourth-order valence-corrected chi connectivity index (χ4v) is 1.91. The van der Waals surface area contributed by atoms with Gasteiger partial charge in [-0.2, -0.15) is 0 Å². The Labute approximate surface area is 101 Å². The maximum atomic E-state index is 12.8. The molecule has 2 rings (SSSR count). The third kappa shape index (κ3) is 2.64. The summed E-state index contributed by atoms with van der Waals surface area (Å²) in [7, 11) is 0. The molecule has 2 aromatic carbocycles. The highest BCUT2D eigenvalue weighted by Gasteiger charge is 2.03. The molecule has 2 aromatic rings. The van der Waals surface area contributed by atoms with Crippen LogP contribution in [0.5, 0.6) is 0 Å². The molecule has 0 amide bonds. The minimum Gasteiger partial charge on any atom is -0.399 e. The van der Waals surface area contributed by atoms with Crippen LogP contribution in [0.4, 0.5) is 10.1 Å². The summed E-state index contributed by atoms with van der Waals surface area (Å²) in [5.74, 6) is -0.195. The van der Waals surface area contributed by atoms with E-state index in [2.05, 4.69) is 13.0 Å². The van der Waals surface area contributed by atoms with Crippen LogP contribution in [0.2, 0.25) is 0 Å². The molecule has 0 aliphatic carbocycles. The number of nitrogens with two attached hydrogens (primary N) is 1. The zero-order valence-corrected chi connectivity index (χ0v) is 10.1. The van der Waals surface area contributed by atoms with Crippen molar-refractivity contribution >= 4 is 5.69 Å². The molecule has 2 N–H and O–H groups in total. The number of nitrogen functional groups attached to an aromatic ring is 1. The van der Waals surface area contributed by atoms with E-state index in [0.29, 0.717) is 0 Å². The summed E-state index contributed by atoms with van der Waals surface area (Å²) in [6.45, 7) is 4.05. The smallest absolute Gasteiger partial charge is 0.123 e. The van der Waals surface area contributed by atoms with Gasteiger partial charge in [0.05, 0.1) is 0 Å².